The zero-order chi connectivity index (χ0) is 19.4. The molecule has 0 atom stereocenters. The van der Waals surface area contributed by atoms with E-state index in [2.05, 4.69) is 10.1 Å². The summed E-state index contributed by atoms with van der Waals surface area (Å²) in [6, 6.07) is 13.8. The lowest BCUT2D eigenvalue weighted by atomic mass is 10.1. The fraction of sp³-hybridized carbons (Fsp3) is 0.150. The van der Waals surface area contributed by atoms with Gasteiger partial charge in [0, 0.05) is 22.7 Å². The Labute approximate surface area is 155 Å². The summed E-state index contributed by atoms with van der Waals surface area (Å²) in [5.41, 5.74) is 0.624. The average Bonchev–Trinajstić information content (AvgIpc) is 2.72. The molecule has 0 spiro atoms. The van der Waals surface area contributed by atoms with Crippen molar-refractivity contribution < 1.29 is 19.1 Å². The summed E-state index contributed by atoms with van der Waals surface area (Å²) in [5.74, 6) is -0.376. The number of nitrogens with zero attached hydrogens (tertiary/aromatic N) is 1. The van der Waals surface area contributed by atoms with Gasteiger partial charge in [-0.25, -0.2) is 0 Å². The number of benzene rings is 2. The first-order valence-electron chi connectivity index (χ1n) is 8.19. The first-order valence-corrected chi connectivity index (χ1v) is 8.19. The van der Waals surface area contributed by atoms with E-state index in [1.54, 1.807) is 55.6 Å². The number of hydrogen-bond acceptors (Lipinski definition) is 5. The highest BCUT2D eigenvalue weighted by Gasteiger charge is 2.16. The molecule has 0 aliphatic rings. The van der Waals surface area contributed by atoms with Crippen LogP contribution in [0.4, 0.5) is 0 Å². The fourth-order valence-electron chi connectivity index (χ4n) is 2.73. The predicted molar refractivity (Wildman–Crippen MR) is 100 cm³/mol. The number of methoxy groups -OCH3 is 2. The molecular formula is C20H18N2O5. The Kier molecular flexibility index (Phi) is 5.21. The van der Waals surface area contributed by atoms with Gasteiger partial charge in [0.1, 0.15) is 12.3 Å². The Hall–Kier alpha value is -3.61. The van der Waals surface area contributed by atoms with Crippen LogP contribution in [-0.4, -0.2) is 37.2 Å². The molecule has 0 saturated carbocycles. The Morgan fingerprint density at radius 3 is 2.30 bits per heavy atom. The van der Waals surface area contributed by atoms with Gasteiger partial charge in [0.25, 0.3) is 11.5 Å². The first kappa shape index (κ1) is 18.2. The number of nitrogens with one attached hydrogen (secondary N) is 1. The molecule has 7 nitrogen and oxygen atoms in total. The predicted octanol–water partition coefficient (Wildman–Crippen LogP) is 1.90. The summed E-state index contributed by atoms with van der Waals surface area (Å²) in [5, 5.41) is 3.42. The number of ether oxygens (including phenoxy) is 2. The number of amides is 1. The standard InChI is InChI=1S/C20H18N2O5/c1-26-14-9-7-13(8-10-14)22-12-17(19(24)21-11-18(23)27-2)15-5-3-4-6-16(15)20(22)25/h3-10,12H,11H2,1-2H3,(H,21,24). The first-order chi connectivity index (χ1) is 13.0. The Morgan fingerprint density at radius 1 is 1.00 bits per heavy atom. The van der Waals surface area contributed by atoms with Crippen LogP contribution in [0.15, 0.2) is 59.5 Å². The molecule has 0 bridgehead atoms. The van der Waals surface area contributed by atoms with E-state index >= 15 is 0 Å². The third kappa shape index (κ3) is 3.67. The Balaban J connectivity index is 2.12. The molecule has 2 aromatic carbocycles. The van der Waals surface area contributed by atoms with Crippen molar-refractivity contribution in [3.05, 3.63) is 70.6 Å². The van der Waals surface area contributed by atoms with Gasteiger partial charge >= 0.3 is 5.97 Å². The van der Waals surface area contributed by atoms with Gasteiger partial charge in [-0.3, -0.25) is 19.0 Å². The quantitative estimate of drug-likeness (QED) is 0.697. The molecular weight excluding hydrogens is 348 g/mol. The smallest absolute Gasteiger partial charge is 0.325 e. The number of fused-ring (bicyclic) bond motifs is 1. The summed E-state index contributed by atoms with van der Waals surface area (Å²) in [7, 11) is 2.80. The molecule has 0 fully saturated rings. The van der Waals surface area contributed by atoms with Crippen LogP contribution in [0.2, 0.25) is 0 Å². The minimum absolute atomic E-state index is 0.250. The molecule has 1 heterocycles. The number of aromatic nitrogens is 1. The zero-order valence-corrected chi connectivity index (χ0v) is 14.9. The third-order valence-corrected chi connectivity index (χ3v) is 4.14. The van der Waals surface area contributed by atoms with Crippen LogP contribution >= 0.6 is 0 Å². The van der Waals surface area contributed by atoms with E-state index in [9.17, 15) is 14.4 Å². The van der Waals surface area contributed by atoms with Gasteiger partial charge in [0.05, 0.1) is 19.8 Å². The summed E-state index contributed by atoms with van der Waals surface area (Å²) in [6.45, 7) is -0.259. The third-order valence-electron chi connectivity index (χ3n) is 4.14. The summed E-state index contributed by atoms with van der Waals surface area (Å²) in [4.78, 5) is 36.8. The van der Waals surface area contributed by atoms with Gasteiger partial charge in [-0.15, -0.1) is 0 Å². The molecule has 138 valence electrons. The maximum absolute atomic E-state index is 12.9. The van der Waals surface area contributed by atoms with Gasteiger partial charge in [-0.05, 0) is 30.3 Å². The van der Waals surface area contributed by atoms with E-state index in [0.717, 1.165) is 0 Å². The number of rotatable bonds is 5. The van der Waals surface area contributed by atoms with Crippen molar-refractivity contribution >= 4 is 22.6 Å². The van der Waals surface area contributed by atoms with Crippen molar-refractivity contribution in [2.24, 2.45) is 0 Å². The minimum Gasteiger partial charge on any atom is -0.497 e. The van der Waals surface area contributed by atoms with Crippen molar-refractivity contribution in [2.75, 3.05) is 20.8 Å². The molecule has 0 unspecified atom stereocenters. The maximum Gasteiger partial charge on any atom is 0.325 e. The summed E-state index contributed by atoms with van der Waals surface area (Å²) >= 11 is 0. The molecule has 3 rings (SSSR count). The van der Waals surface area contributed by atoms with Crippen molar-refractivity contribution in [1.82, 2.24) is 9.88 Å². The number of hydrogen-bond donors (Lipinski definition) is 1. The molecule has 0 aliphatic carbocycles. The topological polar surface area (TPSA) is 86.6 Å². The Morgan fingerprint density at radius 2 is 1.67 bits per heavy atom. The van der Waals surface area contributed by atoms with Crippen LogP contribution in [-0.2, 0) is 9.53 Å². The van der Waals surface area contributed by atoms with Crippen molar-refractivity contribution in [2.45, 2.75) is 0 Å². The van der Waals surface area contributed by atoms with Crippen LogP contribution in [0, 0.1) is 0 Å². The van der Waals surface area contributed by atoms with E-state index in [1.165, 1.54) is 17.9 Å². The van der Waals surface area contributed by atoms with Gasteiger partial charge < -0.3 is 14.8 Å². The number of carbonyl (C=O) groups is 2. The fourth-order valence-corrected chi connectivity index (χ4v) is 2.73. The van der Waals surface area contributed by atoms with Gasteiger partial charge in [0.2, 0.25) is 0 Å². The van der Waals surface area contributed by atoms with Crippen LogP contribution in [0.5, 0.6) is 5.75 Å². The Bertz CT molecular complexity index is 1050. The van der Waals surface area contributed by atoms with Crippen molar-refractivity contribution in [1.29, 1.82) is 0 Å². The van der Waals surface area contributed by atoms with Crippen LogP contribution in [0.1, 0.15) is 10.4 Å². The lowest BCUT2D eigenvalue weighted by molar-refractivity contribution is -0.139. The van der Waals surface area contributed by atoms with Gasteiger partial charge in [0.15, 0.2) is 0 Å². The average molecular weight is 366 g/mol. The van der Waals surface area contributed by atoms with E-state index < -0.39 is 11.9 Å². The second-order valence-electron chi connectivity index (χ2n) is 5.72. The molecule has 0 radical (unpaired) electrons. The van der Waals surface area contributed by atoms with E-state index in [0.29, 0.717) is 22.2 Å². The molecule has 1 N–H and O–H groups in total. The van der Waals surface area contributed by atoms with E-state index in [-0.39, 0.29) is 17.7 Å². The molecule has 3 aromatic rings. The molecule has 0 saturated heterocycles. The molecule has 27 heavy (non-hydrogen) atoms. The summed E-state index contributed by atoms with van der Waals surface area (Å²) < 4.78 is 11.1. The molecule has 7 heteroatoms. The number of pyridine rings is 1. The van der Waals surface area contributed by atoms with E-state index in [1.807, 2.05) is 0 Å². The van der Waals surface area contributed by atoms with Crippen LogP contribution in [0.25, 0.3) is 16.5 Å². The van der Waals surface area contributed by atoms with Gasteiger partial charge in [-0.1, -0.05) is 18.2 Å². The highest BCUT2D eigenvalue weighted by atomic mass is 16.5. The zero-order valence-electron chi connectivity index (χ0n) is 14.9. The largest absolute Gasteiger partial charge is 0.497 e. The molecule has 1 amide bonds. The molecule has 0 aliphatic heterocycles. The van der Waals surface area contributed by atoms with Crippen molar-refractivity contribution in [3.8, 4) is 11.4 Å². The normalized spacial score (nSPS) is 10.4. The maximum atomic E-state index is 12.9. The lowest BCUT2D eigenvalue weighted by Crippen LogP contribution is -2.31. The minimum atomic E-state index is -0.559. The van der Waals surface area contributed by atoms with Crippen LogP contribution in [0.3, 0.4) is 0 Å². The summed E-state index contributed by atoms with van der Waals surface area (Å²) in [6.07, 6.45) is 1.47. The number of esters is 1. The highest BCUT2D eigenvalue weighted by Crippen LogP contribution is 2.19. The second kappa shape index (κ2) is 7.74. The lowest BCUT2D eigenvalue weighted by Gasteiger charge is -2.13. The monoisotopic (exact) mass is 366 g/mol. The van der Waals surface area contributed by atoms with Crippen LogP contribution < -0.4 is 15.6 Å². The highest BCUT2D eigenvalue weighted by molar-refractivity contribution is 6.07. The van der Waals surface area contributed by atoms with Crippen molar-refractivity contribution in [3.63, 3.8) is 0 Å². The second-order valence-corrected chi connectivity index (χ2v) is 5.72. The molecule has 1 aromatic heterocycles. The number of carbonyl (C=O) groups excluding carboxylic acids is 2. The SMILES string of the molecule is COC(=O)CNC(=O)c1cn(-c2ccc(OC)cc2)c(=O)c2ccccc12. The van der Waals surface area contributed by atoms with E-state index in [4.69, 9.17) is 4.74 Å². The van der Waals surface area contributed by atoms with Gasteiger partial charge in [-0.2, -0.15) is 0 Å².